The van der Waals surface area contributed by atoms with Gasteiger partial charge in [0.2, 0.25) is 0 Å². The second-order valence-electron chi connectivity index (χ2n) is 3.31. The predicted molar refractivity (Wildman–Crippen MR) is 56.9 cm³/mol. The van der Waals surface area contributed by atoms with Gasteiger partial charge in [-0.2, -0.15) is 10.5 Å². The molecule has 0 amide bonds. The summed E-state index contributed by atoms with van der Waals surface area (Å²) in [6.45, 7) is 1.52. The van der Waals surface area contributed by atoms with E-state index < -0.39 is 16.6 Å². The maximum Gasteiger partial charge on any atom is 0.269 e. The Morgan fingerprint density at radius 1 is 1.41 bits per heavy atom. The minimum atomic E-state index is -1.38. The lowest BCUT2D eigenvalue weighted by atomic mass is 9.96. The van der Waals surface area contributed by atoms with Crippen molar-refractivity contribution < 1.29 is 9.72 Å². The first-order valence-electron chi connectivity index (χ1n) is 4.59. The van der Waals surface area contributed by atoms with Crippen molar-refractivity contribution in [2.24, 2.45) is 5.92 Å². The SMILES string of the molecule is Cc1cc([N+](=O)[O-])ccc1C(=O)C(C#N)C#N. The van der Waals surface area contributed by atoms with Gasteiger partial charge in [-0.3, -0.25) is 14.9 Å². The van der Waals surface area contributed by atoms with Crippen LogP contribution in [0.4, 0.5) is 5.69 Å². The number of Topliss-reactive ketones (excluding diaryl/α,β-unsaturated/α-hetero) is 1. The Kier molecular flexibility index (Phi) is 3.53. The number of nitriles is 2. The molecule has 0 spiro atoms. The summed E-state index contributed by atoms with van der Waals surface area (Å²) < 4.78 is 0. The maximum absolute atomic E-state index is 11.7. The first-order valence-corrected chi connectivity index (χ1v) is 4.59. The number of benzene rings is 1. The number of nitro groups is 1. The predicted octanol–water partition coefficient (Wildman–Crippen LogP) is 1.75. The summed E-state index contributed by atoms with van der Waals surface area (Å²) in [6.07, 6.45) is 0. The maximum atomic E-state index is 11.7. The van der Waals surface area contributed by atoms with E-state index in [1.54, 1.807) is 12.1 Å². The molecule has 17 heavy (non-hydrogen) atoms. The second-order valence-corrected chi connectivity index (χ2v) is 3.31. The smallest absolute Gasteiger partial charge is 0.269 e. The number of nitrogens with zero attached hydrogens (tertiary/aromatic N) is 3. The lowest BCUT2D eigenvalue weighted by Gasteiger charge is -2.04. The van der Waals surface area contributed by atoms with Crippen LogP contribution in [0.3, 0.4) is 0 Å². The van der Waals surface area contributed by atoms with E-state index in [0.29, 0.717) is 5.56 Å². The molecule has 1 aromatic carbocycles. The molecule has 6 heteroatoms. The number of hydrogen-bond donors (Lipinski definition) is 0. The Bertz CT molecular complexity index is 552. The highest BCUT2D eigenvalue weighted by molar-refractivity contribution is 6.02. The normalized spacial score (nSPS) is 9.41. The van der Waals surface area contributed by atoms with E-state index in [1.807, 2.05) is 0 Å². The van der Waals surface area contributed by atoms with Crippen LogP contribution in [0.5, 0.6) is 0 Å². The molecule has 0 unspecified atom stereocenters. The second kappa shape index (κ2) is 4.86. The molecular formula is C11H7N3O3. The molecule has 0 aromatic heterocycles. The molecule has 0 saturated carbocycles. The van der Waals surface area contributed by atoms with E-state index in [2.05, 4.69) is 0 Å². The van der Waals surface area contributed by atoms with Crippen molar-refractivity contribution in [1.29, 1.82) is 10.5 Å². The Morgan fingerprint density at radius 2 is 2.00 bits per heavy atom. The zero-order valence-corrected chi connectivity index (χ0v) is 8.88. The summed E-state index contributed by atoms with van der Waals surface area (Å²) >= 11 is 0. The summed E-state index contributed by atoms with van der Waals surface area (Å²) in [4.78, 5) is 21.6. The Hall–Kier alpha value is -2.73. The summed E-state index contributed by atoms with van der Waals surface area (Å²) in [5.41, 5.74) is 0.396. The molecule has 1 aromatic rings. The molecule has 0 N–H and O–H groups in total. The largest absolute Gasteiger partial charge is 0.291 e. The number of hydrogen-bond acceptors (Lipinski definition) is 5. The first kappa shape index (κ1) is 12.3. The van der Waals surface area contributed by atoms with Crippen LogP contribution in [0, 0.1) is 45.6 Å². The van der Waals surface area contributed by atoms with Gasteiger partial charge < -0.3 is 0 Å². The van der Waals surface area contributed by atoms with Gasteiger partial charge in [0, 0.05) is 17.7 Å². The molecule has 0 aliphatic heterocycles. The van der Waals surface area contributed by atoms with Crippen molar-refractivity contribution in [1.82, 2.24) is 0 Å². The van der Waals surface area contributed by atoms with Crippen LogP contribution in [-0.4, -0.2) is 10.7 Å². The molecule has 0 atom stereocenters. The summed E-state index contributed by atoms with van der Waals surface area (Å²) in [5, 5.41) is 27.7. The number of non-ortho nitro benzene ring substituents is 1. The number of carbonyl (C=O) groups excluding carboxylic acids is 1. The van der Waals surface area contributed by atoms with Gasteiger partial charge in [-0.05, 0) is 18.6 Å². The molecule has 0 fully saturated rings. The van der Waals surface area contributed by atoms with Crippen LogP contribution in [0.15, 0.2) is 18.2 Å². The van der Waals surface area contributed by atoms with Gasteiger partial charge in [-0.15, -0.1) is 0 Å². The van der Waals surface area contributed by atoms with E-state index >= 15 is 0 Å². The quantitative estimate of drug-likeness (QED) is 0.445. The fourth-order valence-electron chi connectivity index (χ4n) is 1.34. The van der Waals surface area contributed by atoms with Crippen LogP contribution < -0.4 is 0 Å². The molecule has 0 aliphatic rings. The summed E-state index contributed by atoms with van der Waals surface area (Å²) in [7, 11) is 0. The molecule has 0 radical (unpaired) electrons. The average Bonchev–Trinajstić information content (AvgIpc) is 2.30. The highest BCUT2D eigenvalue weighted by Crippen LogP contribution is 2.19. The molecule has 0 aliphatic carbocycles. The first-order chi connectivity index (χ1) is 8.01. The molecular weight excluding hydrogens is 222 g/mol. The van der Waals surface area contributed by atoms with Gasteiger partial charge in [-0.1, -0.05) is 0 Å². The lowest BCUT2D eigenvalue weighted by Crippen LogP contribution is -2.12. The van der Waals surface area contributed by atoms with Gasteiger partial charge in [0.15, 0.2) is 11.7 Å². The average molecular weight is 229 g/mol. The molecule has 84 valence electrons. The zero-order chi connectivity index (χ0) is 13.0. The van der Waals surface area contributed by atoms with Gasteiger partial charge in [0.05, 0.1) is 17.1 Å². The van der Waals surface area contributed by atoms with E-state index in [9.17, 15) is 14.9 Å². The van der Waals surface area contributed by atoms with Crippen molar-refractivity contribution >= 4 is 11.5 Å². The van der Waals surface area contributed by atoms with Crippen LogP contribution >= 0.6 is 0 Å². The van der Waals surface area contributed by atoms with E-state index in [4.69, 9.17) is 10.5 Å². The number of nitro benzene ring substituents is 1. The number of rotatable bonds is 3. The van der Waals surface area contributed by atoms with Crippen molar-refractivity contribution in [3.63, 3.8) is 0 Å². The van der Waals surface area contributed by atoms with Crippen molar-refractivity contribution in [3.8, 4) is 12.1 Å². The fraction of sp³-hybridized carbons (Fsp3) is 0.182. The van der Waals surface area contributed by atoms with Crippen LogP contribution in [0.1, 0.15) is 15.9 Å². The standard InChI is InChI=1S/C11H7N3O3/c1-7-4-9(14(16)17)2-3-10(7)11(15)8(5-12)6-13/h2-4,8H,1H3. The lowest BCUT2D eigenvalue weighted by molar-refractivity contribution is -0.384. The van der Waals surface area contributed by atoms with E-state index in [0.717, 1.165) is 0 Å². The van der Waals surface area contributed by atoms with Crippen molar-refractivity contribution in [2.75, 3.05) is 0 Å². The Labute approximate surface area is 96.9 Å². The van der Waals surface area contributed by atoms with Crippen molar-refractivity contribution in [2.45, 2.75) is 6.92 Å². The Balaban J connectivity index is 3.19. The van der Waals surface area contributed by atoms with Gasteiger partial charge in [0.1, 0.15) is 0 Å². The van der Waals surface area contributed by atoms with Crippen LogP contribution in [0.25, 0.3) is 0 Å². The molecule has 0 bridgehead atoms. The van der Waals surface area contributed by atoms with Crippen LogP contribution in [0.2, 0.25) is 0 Å². The molecule has 1 rings (SSSR count). The number of ketones is 1. The minimum absolute atomic E-state index is 0.135. The van der Waals surface area contributed by atoms with Gasteiger partial charge in [0.25, 0.3) is 5.69 Å². The fourth-order valence-corrected chi connectivity index (χ4v) is 1.34. The molecule has 0 saturated heterocycles. The number of aryl methyl sites for hydroxylation is 1. The zero-order valence-electron chi connectivity index (χ0n) is 8.88. The highest BCUT2D eigenvalue weighted by atomic mass is 16.6. The summed E-state index contributed by atoms with van der Waals surface area (Å²) in [6, 6.07) is 6.81. The third-order valence-corrected chi connectivity index (χ3v) is 2.21. The van der Waals surface area contributed by atoms with Gasteiger partial charge in [-0.25, -0.2) is 0 Å². The van der Waals surface area contributed by atoms with E-state index in [1.165, 1.54) is 25.1 Å². The molecule has 0 heterocycles. The van der Waals surface area contributed by atoms with E-state index in [-0.39, 0.29) is 11.3 Å². The van der Waals surface area contributed by atoms with Crippen LogP contribution in [-0.2, 0) is 0 Å². The summed E-state index contributed by atoms with van der Waals surface area (Å²) in [5.74, 6) is -2.02. The topological polar surface area (TPSA) is 108 Å². The van der Waals surface area contributed by atoms with Gasteiger partial charge >= 0.3 is 0 Å². The number of carbonyl (C=O) groups is 1. The minimum Gasteiger partial charge on any atom is -0.291 e. The Morgan fingerprint density at radius 3 is 2.41 bits per heavy atom. The molecule has 6 nitrogen and oxygen atoms in total. The third-order valence-electron chi connectivity index (χ3n) is 2.21. The third kappa shape index (κ3) is 2.44. The monoisotopic (exact) mass is 229 g/mol. The highest BCUT2D eigenvalue weighted by Gasteiger charge is 2.21. The van der Waals surface area contributed by atoms with Crippen molar-refractivity contribution in [3.05, 3.63) is 39.4 Å².